The van der Waals surface area contributed by atoms with Crippen LogP contribution in [-0.4, -0.2) is 32.9 Å². The van der Waals surface area contributed by atoms with Crippen molar-refractivity contribution in [2.24, 2.45) is 0 Å². The van der Waals surface area contributed by atoms with Gasteiger partial charge in [-0.3, -0.25) is 4.57 Å². The van der Waals surface area contributed by atoms with E-state index in [1.54, 1.807) is 18.2 Å². The summed E-state index contributed by atoms with van der Waals surface area (Å²) in [4.78, 5) is 8.13. The van der Waals surface area contributed by atoms with Crippen LogP contribution in [0.2, 0.25) is 0 Å². The van der Waals surface area contributed by atoms with E-state index in [1.807, 2.05) is 27.7 Å². The smallest absolute Gasteiger partial charge is 0.398 e. The molecule has 3 rings (SSSR count). The van der Waals surface area contributed by atoms with E-state index in [2.05, 4.69) is 9.97 Å². The van der Waals surface area contributed by atoms with Gasteiger partial charge in [-0.1, -0.05) is 6.07 Å². The van der Waals surface area contributed by atoms with E-state index in [1.165, 1.54) is 0 Å². The van der Waals surface area contributed by atoms with Crippen molar-refractivity contribution in [2.45, 2.75) is 45.7 Å². The van der Waals surface area contributed by atoms with E-state index in [0.29, 0.717) is 5.59 Å². The fourth-order valence-corrected chi connectivity index (χ4v) is 2.02. The normalized spacial score (nSPS) is 24.0. The fourth-order valence-electron chi connectivity index (χ4n) is 2.02. The lowest BCUT2D eigenvalue weighted by Crippen LogP contribution is -2.41. The highest BCUT2D eigenvalue weighted by molar-refractivity contribution is 6.61. The number of rotatable bonds is 2. The molecule has 21 heavy (non-hydrogen) atoms. The van der Waals surface area contributed by atoms with Gasteiger partial charge in [0, 0.05) is 10.3 Å². The van der Waals surface area contributed by atoms with E-state index in [-0.39, 0.29) is 18.3 Å². The molecular formula is C15H20BN3O2. The van der Waals surface area contributed by atoms with Crippen molar-refractivity contribution in [2.75, 3.05) is 0 Å². The second-order valence-corrected chi connectivity index (χ2v) is 6.02. The molecule has 0 bridgehead atoms. The summed E-state index contributed by atoms with van der Waals surface area (Å²) >= 11 is 0. The average Bonchev–Trinajstić information content (AvgIpc) is 2.92. The molecule has 6 heteroatoms. The summed E-state index contributed by atoms with van der Waals surface area (Å²) in [6, 6.07) is 4.99. The van der Waals surface area contributed by atoms with Crippen molar-refractivity contribution in [1.82, 2.24) is 14.5 Å². The molecule has 1 aliphatic rings. The van der Waals surface area contributed by atoms with Crippen LogP contribution in [0.5, 0.6) is 0 Å². The van der Waals surface area contributed by atoms with E-state index in [0.717, 1.165) is 4.57 Å². The minimum absolute atomic E-state index is 0.218. The monoisotopic (exact) mass is 290 g/mol. The first-order valence-electron chi connectivity index (χ1n) is 9.23. The first kappa shape index (κ1) is 9.38. The third kappa shape index (κ3) is 2.49. The lowest BCUT2D eigenvalue weighted by atomic mass is 9.84. The standard InChI is InChI=1S/C15H20BN3O2/c1-11-9-19(10-17-11)13-8-6-7-12(18-13)16-20-14(2,3)15(4,5)21-16/h6-10H,1-5H3/i1D3,9D,10D. The highest BCUT2D eigenvalue weighted by Crippen LogP contribution is 2.36. The Morgan fingerprint density at radius 3 is 2.57 bits per heavy atom. The van der Waals surface area contributed by atoms with Crippen LogP contribution < -0.4 is 5.59 Å². The molecule has 3 heterocycles. The molecule has 0 radical (unpaired) electrons. The van der Waals surface area contributed by atoms with Crippen molar-refractivity contribution in [3.8, 4) is 5.82 Å². The third-order valence-electron chi connectivity index (χ3n) is 3.96. The van der Waals surface area contributed by atoms with Crippen LogP contribution in [0.25, 0.3) is 5.82 Å². The summed E-state index contributed by atoms with van der Waals surface area (Å²) in [6.07, 6.45) is -0.742. The predicted octanol–water partition coefficient (Wildman–Crippen LogP) is 1.87. The van der Waals surface area contributed by atoms with E-state index >= 15 is 0 Å². The Hall–Kier alpha value is -1.66. The molecule has 0 N–H and O–H groups in total. The van der Waals surface area contributed by atoms with Gasteiger partial charge in [-0.2, -0.15) is 0 Å². The molecule has 0 unspecified atom stereocenters. The largest absolute Gasteiger partial charge is 0.514 e. The Morgan fingerprint density at radius 2 is 1.95 bits per heavy atom. The van der Waals surface area contributed by atoms with Crippen molar-refractivity contribution < 1.29 is 16.2 Å². The van der Waals surface area contributed by atoms with Gasteiger partial charge in [0.25, 0.3) is 0 Å². The third-order valence-corrected chi connectivity index (χ3v) is 3.96. The average molecular weight is 290 g/mol. The lowest BCUT2D eigenvalue weighted by Gasteiger charge is -2.32. The molecule has 1 fully saturated rings. The summed E-state index contributed by atoms with van der Waals surface area (Å²) in [6.45, 7) is 5.15. The molecule has 1 saturated heterocycles. The molecular weight excluding hydrogens is 265 g/mol. The lowest BCUT2D eigenvalue weighted by molar-refractivity contribution is 0.00578. The second-order valence-electron chi connectivity index (χ2n) is 6.02. The summed E-state index contributed by atoms with van der Waals surface area (Å²) < 4.78 is 51.4. The topological polar surface area (TPSA) is 49.2 Å². The maximum absolute atomic E-state index is 8.08. The first-order valence-corrected chi connectivity index (χ1v) is 6.73. The van der Waals surface area contributed by atoms with Gasteiger partial charge < -0.3 is 9.31 Å². The molecule has 0 saturated carbocycles. The zero-order chi connectivity index (χ0) is 19.5. The van der Waals surface area contributed by atoms with Gasteiger partial charge in [0.2, 0.25) is 0 Å². The van der Waals surface area contributed by atoms with Gasteiger partial charge in [-0.25, -0.2) is 9.97 Å². The van der Waals surface area contributed by atoms with Crippen LogP contribution in [-0.2, 0) is 9.31 Å². The number of hydrogen-bond acceptors (Lipinski definition) is 4. The van der Waals surface area contributed by atoms with Gasteiger partial charge >= 0.3 is 7.12 Å². The molecule has 0 aromatic carbocycles. The first-order chi connectivity index (χ1) is 11.8. The summed E-state index contributed by atoms with van der Waals surface area (Å²) in [5, 5.41) is 0. The van der Waals surface area contributed by atoms with Crippen molar-refractivity contribution in [3.05, 3.63) is 36.4 Å². The number of hydrogen-bond donors (Lipinski definition) is 0. The quantitative estimate of drug-likeness (QED) is 0.792. The minimum Gasteiger partial charge on any atom is -0.398 e. The Kier molecular flexibility index (Phi) is 2.09. The number of aromatic nitrogens is 3. The minimum atomic E-state index is -2.57. The number of pyridine rings is 1. The number of aryl methyl sites for hydroxylation is 1. The van der Waals surface area contributed by atoms with Crippen LogP contribution in [0.1, 0.15) is 40.2 Å². The van der Waals surface area contributed by atoms with Crippen molar-refractivity contribution in [1.29, 1.82) is 0 Å². The molecule has 110 valence electrons. The van der Waals surface area contributed by atoms with Crippen molar-refractivity contribution in [3.63, 3.8) is 0 Å². The zero-order valence-electron chi connectivity index (χ0n) is 17.5. The zero-order valence-corrected chi connectivity index (χ0v) is 12.5. The summed E-state index contributed by atoms with van der Waals surface area (Å²) in [5.74, 6) is 0.218. The van der Waals surface area contributed by atoms with Gasteiger partial charge in [-0.15, -0.1) is 0 Å². The molecule has 0 spiro atoms. The SMILES string of the molecule is [2H]c1nc(C([2H])([2H])[2H])c([2H])n1-c1cccc(B2OC(C)(C)C(C)(C)O2)n1. The summed E-state index contributed by atoms with van der Waals surface area (Å²) in [7, 11) is -0.700. The maximum Gasteiger partial charge on any atom is 0.514 e. The van der Waals surface area contributed by atoms with Crippen LogP contribution in [0.15, 0.2) is 30.7 Å². The van der Waals surface area contributed by atoms with Crippen molar-refractivity contribution >= 4 is 12.7 Å². The Balaban J connectivity index is 2.01. The van der Waals surface area contributed by atoms with Crippen LogP contribution in [0.3, 0.4) is 0 Å². The molecule has 2 aromatic rings. The van der Waals surface area contributed by atoms with Gasteiger partial charge in [0.05, 0.1) is 23.9 Å². The molecule has 0 aliphatic carbocycles. The van der Waals surface area contributed by atoms with Crippen LogP contribution in [0.4, 0.5) is 0 Å². The van der Waals surface area contributed by atoms with Gasteiger partial charge in [0.1, 0.15) is 13.5 Å². The van der Waals surface area contributed by atoms with Gasteiger partial charge in [-0.05, 0) is 46.7 Å². The molecule has 0 amide bonds. The molecule has 5 nitrogen and oxygen atoms in total. The summed E-state index contributed by atoms with van der Waals surface area (Å²) in [5.41, 5.74) is -1.01. The maximum atomic E-state index is 8.08. The number of imidazole rings is 1. The van der Waals surface area contributed by atoms with Crippen LogP contribution in [0, 0.1) is 6.85 Å². The van der Waals surface area contributed by atoms with E-state index in [4.69, 9.17) is 16.2 Å². The van der Waals surface area contributed by atoms with E-state index < -0.39 is 30.9 Å². The molecule has 2 aromatic heterocycles. The molecule has 1 aliphatic heterocycles. The highest BCUT2D eigenvalue weighted by atomic mass is 16.7. The predicted molar refractivity (Wildman–Crippen MR) is 81.8 cm³/mol. The van der Waals surface area contributed by atoms with Crippen LogP contribution >= 0.6 is 0 Å². The Labute approximate surface area is 132 Å². The molecule has 0 atom stereocenters. The van der Waals surface area contributed by atoms with E-state index in [9.17, 15) is 0 Å². The van der Waals surface area contributed by atoms with Gasteiger partial charge in [0.15, 0.2) is 0 Å². The second kappa shape index (κ2) is 4.68. The highest BCUT2D eigenvalue weighted by Gasteiger charge is 2.52. The fraction of sp³-hybridized carbons (Fsp3) is 0.467. The Bertz CT molecular complexity index is 834. The Morgan fingerprint density at radius 1 is 1.24 bits per heavy atom. The number of nitrogens with zero attached hydrogens (tertiary/aromatic N) is 3.